The zero-order valence-corrected chi connectivity index (χ0v) is 13.1. The summed E-state index contributed by atoms with van der Waals surface area (Å²) in [5.41, 5.74) is 1.08. The lowest BCUT2D eigenvalue weighted by atomic mass is 10.3. The van der Waals surface area contributed by atoms with Crippen molar-refractivity contribution in [3.8, 4) is 0 Å². The largest absolute Gasteiger partial charge is 0.309 e. The third-order valence-electron chi connectivity index (χ3n) is 3.68. The van der Waals surface area contributed by atoms with Gasteiger partial charge in [0.1, 0.15) is 29.1 Å². The van der Waals surface area contributed by atoms with E-state index in [-0.39, 0.29) is 11.7 Å². The molecule has 0 amide bonds. The number of nitrogens with zero attached hydrogens (tertiary/aromatic N) is 7. The molecule has 9 nitrogen and oxygen atoms in total. The lowest BCUT2D eigenvalue weighted by molar-refractivity contribution is -0.385. The molecular formula is C13H11N7O2S. The molecule has 0 fully saturated rings. The zero-order valence-electron chi connectivity index (χ0n) is 12.2. The van der Waals surface area contributed by atoms with Crippen molar-refractivity contribution in [3.63, 3.8) is 0 Å². The van der Waals surface area contributed by atoms with Crippen LogP contribution >= 0.6 is 11.3 Å². The normalized spacial score (nSPS) is 13.0. The molecule has 4 rings (SSSR count). The highest BCUT2D eigenvalue weighted by molar-refractivity contribution is 7.16. The molecule has 0 radical (unpaired) electrons. The van der Waals surface area contributed by atoms with Crippen LogP contribution in [0, 0.1) is 17.0 Å². The Balaban J connectivity index is 1.81. The van der Waals surface area contributed by atoms with Gasteiger partial charge in [-0.2, -0.15) is 5.10 Å². The summed E-state index contributed by atoms with van der Waals surface area (Å²) in [5.74, 6) is 0.530. The summed E-state index contributed by atoms with van der Waals surface area (Å²) in [7, 11) is 0. The second-order valence-electron chi connectivity index (χ2n) is 5.14. The molecule has 4 aromatic heterocycles. The Labute approximate surface area is 133 Å². The Bertz CT molecular complexity index is 1050. The summed E-state index contributed by atoms with van der Waals surface area (Å²) in [6, 6.07) is 1.63. The van der Waals surface area contributed by atoms with E-state index in [4.69, 9.17) is 0 Å². The number of hydrogen-bond acceptors (Lipinski definition) is 7. The van der Waals surface area contributed by atoms with E-state index in [2.05, 4.69) is 20.2 Å². The molecule has 0 aromatic carbocycles. The van der Waals surface area contributed by atoms with Gasteiger partial charge >= 0.3 is 5.69 Å². The topological polar surface area (TPSA) is 104 Å². The molecule has 1 atom stereocenters. The number of aromatic nitrogens is 6. The third kappa shape index (κ3) is 2.06. The van der Waals surface area contributed by atoms with Crippen LogP contribution in [0.4, 0.5) is 5.69 Å². The van der Waals surface area contributed by atoms with Crippen molar-refractivity contribution in [1.29, 1.82) is 0 Å². The average Bonchev–Trinajstić information content (AvgIpc) is 3.22. The van der Waals surface area contributed by atoms with E-state index in [1.165, 1.54) is 22.2 Å². The number of aryl methyl sites for hydroxylation is 1. The van der Waals surface area contributed by atoms with Crippen LogP contribution in [0.1, 0.15) is 24.5 Å². The number of rotatable bonds is 3. The maximum Gasteiger partial charge on any atom is 0.309 e. The van der Waals surface area contributed by atoms with Crippen molar-refractivity contribution >= 4 is 32.9 Å². The quantitative estimate of drug-likeness (QED) is 0.422. The molecule has 4 aromatic rings. The van der Waals surface area contributed by atoms with Crippen molar-refractivity contribution in [2.24, 2.45) is 0 Å². The predicted molar refractivity (Wildman–Crippen MR) is 83.6 cm³/mol. The number of fused-ring (bicyclic) bond motifs is 3. The third-order valence-corrected chi connectivity index (χ3v) is 4.50. The Morgan fingerprint density at radius 2 is 2.22 bits per heavy atom. The minimum Gasteiger partial charge on any atom is -0.258 e. The van der Waals surface area contributed by atoms with Crippen LogP contribution < -0.4 is 0 Å². The van der Waals surface area contributed by atoms with Crippen LogP contribution in [0.3, 0.4) is 0 Å². The van der Waals surface area contributed by atoms with Gasteiger partial charge in [0.15, 0.2) is 11.5 Å². The smallest absolute Gasteiger partial charge is 0.258 e. The molecule has 0 N–H and O–H groups in total. The van der Waals surface area contributed by atoms with Gasteiger partial charge in [-0.3, -0.25) is 14.8 Å². The fourth-order valence-corrected chi connectivity index (χ4v) is 3.15. The van der Waals surface area contributed by atoms with Gasteiger partial charge in [0.2, 0.25) is 0 Å². The number of nitro groups is 1. The molecule has 4 heterocycles. The van der Waals surface area contributed by atoms with Gasteiger partial charge in [0.05, 0.1) is 10.3 Å². The molecule has 0 spiro atoms. The second-order valence-corrected chi connectivity index (χ2v) is 6.03. The SMILES string of the molecule is Cc1nn(C(C)c2nc3c4ccsc4ncn3n2)cc1[N+](=O)[O-]. The van der Waals surface area contributed by atoms with Crippen LogP contribution in [0.2, 0.25) is 0 Å². The minimum atomic E-state index is -0.443. The zero-order chi connectivity index (χ0) is 16.1. The van der Waals surface area contributed by atoms with E-state index < -0.39 is 4.92 Å². The van der Waals surface area contributed by atoms with Crippen LogP contribution in [0.15, 0.2) is 24.0 Å². The molecule has 0 bridgehead atoms. The molecule has 0 saturated heterocycles. The van der Waals surface area contributed by atoms with Gasteiger partial charge in [0.25, 0.3) is 0 Å². The Morgan fingerprint density at radius 1 is 1.39 bits per heavy atom. The van der Waals surface area contributed by atoms with Gasteiger partial charge in [-0.15, -0.1) is 16.4 Å². The van der Waals surface area contributed by atoms with E-state index in [1.54, 1.807) is 17.8 Å². The van der Waals surface area contributed by atoms with Crippen LogP contribution in [0.5, 0.6) is 0 Å². The average molecular weight is 329 g/mol. The fraction of sp³-hybridized carbons (Fsp3) is 0.231. The maximum atomic E-state index is 11.0. The van der Waals surface area contributed by atoms with Crippen molar-refractivity contribution in [3.05, 3.63) is 45.6 Å². The first-order chi connectivity index (χ1) is 11.0. The lowest BCUT2D eigenvalue weighted by Gasteiger charge is -2.06. The van der Waals surface area contributed by atoms with Crippen molar-refractivity contribution < 1.29 is 4.92 Å². The van der Waals surface area contributed by atoms with Gasteiger partial charge < -0.3 is 0 Å². The molecule has 0 aliphatic carbocycles. The van der Waals surface area contributed by atoms with Gasteiger partial charge in [-0.05, 0) is 25.3 Å². The summed E-state index contributed by atoms with van der Waals surface area (Å²) in [4.78, 5) is 20.3. The maximum absolute atomic E-state index is 11.0. The Hall–Kier alpha value is -2.88. The summed E-state index contributed by atoms with van der Waals surface area (Å²) in [5, 5.41) is 22.5. The van der Waals surface area contributed by atoms with Crippen molar-refractivity contribution in [1.82, 2.24) is 29.4 Å². The van der Waals surface area contributed by atoms with Crippen molar-refractivity contribution in [2.75, 3.05) is 0 Å². The first-order valence-corrected chi connectivity index (χ1v) is 7.71. The Kier molecular flexibility index (Phi) is 2.88. The molecule has 10 heteroatoms. The van der Waals surface area contributed by atoms with Crippen LogP contribution in [-0.2, 0) is 0 Å². The fourth-order valence-electron chi connectivity index (χ4n) is 2.43. The summed E-state index contributed by atoms with van der Waals surface area (Å²) in [6.07, 6.45) is 3.03. The monoisotopic (exact) mass is 329 g/mol. The number of hydrogen-bond donors (Lipinski definition) is 0. The number of thiophene rings is 1. The Morgan fingerprint density at radius 3 is 2.96 bits per heavy atom. The van der Waals surface area contributed by atoms with Gasteiger partial charge in [-0.25, -0.2) is 14.5 Å². The van der Waals surface area contributed by atoms with E-state index in [1.807, 2.05) is 18.4 Å². The van der Waals surface area contributed by atoms with E-state index in [0.29, 0.717) is 11.5 Å². The molecule has 0 saturated carbocycles. The molecular weight excluding hydrogens is 318 g/mol. The first-order valence-electron chi connectivity index (χ1n) is 6.83. The highest BCUT2D eigenvalue weighted by Gasteiger charge is 2.22. The summed E-state index contributed by atoms with van der Waals surface area (Å²) < 4.78 is 3.13. The molecule has 116 valence electrons. The summed E-state index contributed by atoms with van der Waals surface area (Å²) in [6.45, 7) is 3.46. The lowest BCUT2D eigenvalue weighted by Crippen LogP contribution is -2.09. The molecule has 0 aliphatic heterocycles. The van der Waals surface area contributed by atoms with Crippen LogP contribution in [-0.4, -0.2) is 34.3 Å². The first kappa shape index (κ1) is 13.8. The standard InChI is InChI=1S/C13H11N7O2S/c1-7-10(20(21)22)5-18(16-7)8(2)11-15-12-9-3-4-23-13(9)14-6-19(12)17-11/h3-6,8H,1-2H3. The van der Waals surface area contributed by atoms with E-state index >= 15 is 0 Å². The van der Waals surface area contributed by atoms with Crippen molar-refractivity contribution in [2.45, 2.75) is 19.9 Å². The minimum absolute atomic E-state index is 0.0116. The van der Waals surface area contributed by atoms with Crippen LogP contribution in [0.25, 0.3) is 15.9 Å². The van der Waals surface area contributed by atoms with Gasteiger partial charge in [0, 0.05) is 0 Å². The molecule has 0 aliphatic rings. The second kappa shape index (κ2) is 4.81. The highest BCUT2D eigenvalue weighted by Crippen LogP contribution is 2.25. The molecule has 1 unspecified atom stereocenters. The van der Waals surface area contributed by atoms with Gasteiger partial charge in [-0.1, -0.05) is 0 Å². The van der Waals surface area contributed by atoms with E-state index in [9.17, 15) is 10.1 Å². The molecule has 23 heavy (non-hydrogen) atoms. The van der Waals surface area contributed by atoms with E-state index in [0.717, 1.165) is 15.9 Å². The predicted octanol–water partition coefficient (Wildman–Crippen LogP) is 2.36. The highest BCUT2D eigenvalue weighted by atomic mass is 32.1. The summed E-state index contributed by atoms with van der Waals surface area (Å²) >= 11 is 1.54.